The monoisotopic (exact) mass is 337 g/mol. The highest BCUT2D eigenvalue weighted by atomic mass is 16.5. The number of aliphatic hydroxyl groups is 1. The SMILES string of the molecule is CCC(N)(CO)CCc1ccc(O[C@@H](C)CCCC(C)C)cc1O. The van der Waals surface area contributed by atoms with Crippen molar-refractivity contribution in [1.82, 2.24) is 0 Å². The Morgan fingerprint density at radius 3 is 2.46 bits per heavy atom. The molecule has 24 heavy (non-hydrogen) atoms. The number of aliphatic hydroxyl groups excluding tert-OH is 1. The molecule has 0 aliphatic rings. The fourth-order valence-corrected chi connectivity index (χ4v) is 2.68. The Morgan fingerprint density at radius 1 is 1.21 bits per heavy atom. The van der Waals surface area contributed by atoms with Crippen molar-refractivity contribution in [3.05, 3.63) is 23.8 Å². The third-order valence-corrected chi connectivity index (χ3v) is 4.70. The van der Waals surface area contributed by atoms with Gasteiger partial charge in [-0.05, 0) is 56.6 Å². The van der Waals surface area contributed by atoms with Gasteiger partial charge in [0, 0.05) is 11.6 Å². The first-order chi connectivity index (χ1) is 11.3. The van der Waals surface area contributed by atoms with Crippen LogP contribution in [0.4, 0.5) is 0 Å². The average molecular weight is 338 g/mol. The summed E-state index contributed by atoms with van der Waals surface area (Å²) in [5, 5.41) is 19.6. The Kier molecular flexibility index (Phi) is 8.57. The quantitative estimate of drug-likeness (QED) is 0.570. The van der Waals surface area contributed by atoms with Gasteiger partial charge in [0.15, 0.2) is 0 Å². The molecule has 0 bridgehead atoms. The van der Waals surface area contributed by atoms with E-state index in [4.69, 9.17) is 10.5 Å². The largest absolute Gasteiger partial charge is 0.508 e. The van der Waals surface area contributed by atoms with Gasteiger partial charge in [-0.15, -0.1) is 0 Å². The predicted molar refractivity (Wildman–Crippen MR) is 99.5 cm³/mol. The second-order valence-corrected chi connectivity index (χ2v) is 7.42. The molecular formula is C20H35NO3. The van der Waals surface area contributed by atoms with Crippen LogP contribution in [-0.2, 0) is 6.42 Å². The molecule has 4 heteroatoms. The molecule has 1 aromatic carbocycles. The van der Waals surface area contributed by atoms with E-state index in [0.29, 0.717) is 25.0 Å². The van der Waals surface area contributed by atoms with E-state index in [9.17, 15) is 10.2 Å². The molecule has 0 heterocycles. The number of hydrogen-bond donors (Lipinski definition) is 3. The van der Waals surface area contributed by atoms with Crippen molar-refractivity contribution in [3.63, 3.8) is 0 Å². The van der Waals surface area contributed by atoms with Gasteiger partial charge in [0.2, 0.25) is 0 Å². The van der Waals surface area contributed by atoms with Gasteiger partial charge in [0.1, 0.15) is 11.5 Å². The number of hydrogen-bond acceptors (Lipinski definition) is 4. The van der Waals surface area contributed by atoms with Crippen LogP contribution >= 0.6 is 0 Å². The topological polar surface area (TPSA) is 75.7 Å². The summed E-state index contributed by atoms with van der Waals surface area (Å²) in [6.07, 6.45) is 5.50. The molecule has 0 spiro atoms. The minimum atomic E-state index is -0.577. The van der Waals surface area contributed by atoms with E-state index in [1.165, 1.54) is 6.42 Å². The van der Waals surface area contributed by atoms with Crippen molar-refractivity contribution >= 4 is 0 Å². The van der Waals surface area contributed by atoms with Crippen LogP contribution in [0.1, 0.15) is 65.4 Å². The lowest BCUT2D eigenvalue weighted by molar-refractivity contribution is 0.182. The second kappa shape index (κ2) is 9.90. The molecule has 1 aromatic rings. The lowest BCUT2D eigenvalue weighted by Crippen LogP contribution is -2.43. The number of phenols is 1. The van der Waals surface area contributed by atoms with Crippen LogP contribution in [0.3, 0.4) is 0 Å². The normalized spacial score (nSPS) is 15.3. The van der Waals surface area contributed by atoms with Gasteiger partial charge in [-0.3, -0.25) is 0 Å². The van der Waals surface area contributed by atoms with E-state index < -0.39 is 5.54 Å². The maximum atomic E-state index is 10.2. The third kappa shape index (κ3) is 7.10. The zero-order chi connectivity index (χ0) is 18.2. The molecule has 4 N–H and O–H groups in total. The number of aryl methyl sites for hydroxylation is 1. The molecule has 0 aromatic heterocycles. The smallest absolute Gasteiger partial charge is 0.123 e. The molecule has 2 atom stereocenters. The number of ether oxygens (including phenoxy) is 1. The summed E-state index contributed by atoms with van der Waals surface area (Å²) in [6, 6.07) is 5.47. The number of phenolic OH excluding ortho intramolecular Hbond substituents is 1. The number of rotatable bonds is 11. The van der Waals surface area contributed by atoms with Gasteiger partial charge in [-0.25, -0.2) is 0 Å². The lowest BCUT2D eigenvalue weighted by Gasteiger charge is -2.25. The minimum Gasteiger partial charge on any atom is -0.508 e. The third-order valence-electron chi connectivity index (χ3n) is 4.70. The van der Waals surface area contributed by atoms with Crippen molar-refractivity contribution in [2.75, 3.05) is 6.61 Å². The second-order valence-electron chi connectivity index (χ2n) is 7.42. The highest BCUT2D eigenvalue weighted by Crippen LogP contribution is 2.27. The van der Waals surface area contributed by atoms with Gasteiger partial charge in [0.25, 0.3) is 0 Å². The van der Waals surface area contributed by atoms with Crippen LogP contribution in [0.2, 0.25) is 0 Å². The summed E-state index contributed by atoms with van der Waals surface area (Å²) in [4.78, 5) is 0. The van der Waals surface area contributed by atoms with E-state index in [2.05, 4.69) is 20.8 Å². The van der Waals surface area contributed by atoms with E-state index in [0.717, 1.165) is 24.3 Å². The molecule has 138 valence electrons. The Labute approximate surface area is 147 Å². The van der Waals surface area contributed by atoms with Crippen LogP contribution in [-0.4, -0.2) is 28.5 Å². The Morgan fingerprint density at radius 2 is 1.92 bits per heavy atom. The fourth-order valence-electron chi connectivity index (χ4n) is 2.68. The zero-order valence-electron chi connectivity index (χ0n) is 15.7. The van der Waals surface area contributed by atoms with Crippen molar-refractivity contribution in [2.24, 2.45) is 11.7 Å². The molecule has 4 nitrogen and oxygen atoms in total. The molecule has 0 aliphatic carbocycles. The Balaban J connectivity index is 2.55. The first kappa shape index (κ1) is 20.8. The molecule has 0 fully saturated rings. The van der Waals surface area contributed by atoms with Gasteiger partial charge in [0.05, 0.1) is 12.7 Å². The summed E-state index contributed by atoms with van der Waals surface area (Å²) in [5.74, 6) is 1.65. The number of nitrogens with two attached hydrogens (primary N) is 1. The van der Waals surface area contributed by atoms with Crippen LogP contribution in [0, 0.1) is 5.92 Å². The molecule has 1 rings (SSSR count). The highest BCUT2D eigenvalue weighted by molar-refractivity contribution is 5.40. The molecule has 0 radical (unpaired) electrons. The van der Waals surface area contributed by atoms with E-state index >= 15 is 0 Å². The lowest BCUT2D eigenvalue weighted by atomic mass is 9.90. The fraction of sp³-hybridized carbons (Fsp3) is 0.700. The van der Waals surface area contributed by atoms with Crippen molar-refractivity contribution in [2.45, 2.75) is 77.9 Å². The summed E-state index contributed by atoms with van der Waals surface area (Å²) >= 11 is 0. The molecule has 0 amide bonds. The maximum Gasteiger partial charge on any atom is 0.123 e. The molecule has 0 aliphatic heterocycles. The predicted octanol–water partition coefficient (Wildman–Crippen LogP) is 4.02. The summed E-state index contributed by atoms with van der Waals surface area (Å²) in [6.45, 7) is 8.45. The van der Waals surface area contributed by atoms with Crippen molar-refractivity contribution < 1.29 is 14.9 Å². The molecular weight excluding hydrogens is 302 g/mol. The average Bonchev–Trinajstić information content (AvgIpc) is 2.53. The first-order valence-electron chi connectivity index (χ1n) is 9.18. The van der Waals surface area contributed by atoms with Crippen LogP contribution < -0.4 is 10.5 Å². The summed E-state index contributed by atoms with van der Waals surface area (Å²) < 4.78 is 5.90. The standard InChI is InChI=1S/C20H35NO3/c1-5-20(21,14-22)12-11-17-9-10-18(13-19(17)23)24-16(4)8-6-7-15(2)3/h9-10,13,15-16,22-23H,5-8,11-12,14,21H2,1-4H3/t16-,20?/m0/s1. The van der Waals surface area contributed by atoms with E-state index in [1.807, 2.05) is 19.1 Å². The first-order valence-corrected chi connectivity index (χ1v) is 9.18. The van der Waals surface area contributed by atoms with Crippen molar-refractivity contribution in [3.8, 4) is 11.5 Å². The van der Waals surface area contributed by atoms with Crippen LogP contribution in [0.5, 0.6) is 11.5 Å². The summed E-state index contributed by atoms with van der Waals surface area (Å²) in [5.41, 5.74) is 6.36. The highest BCUT2D eigenvalue weighted by Gasteiger charge is 2.21. The molecule has 1 unspecified atom stereocenters. The van der Waals surface area contributed by atoms with E-state index in [1.54, 1.807) is 6.07 Å². The number of benzene rings is 1. The minimum absolute atomic E-state index is 0.0423. The Bertz CT molecular complexity index is 484. The number of aromatic hydroxyl groups is 1. The van der Waals surface area contributed by atoms with Gasteiger partial charge >= 0.3 is 0 Å². The van der Waals surface area contributed by atoms with Crippen LogP contribution in [0.25, 0.3) is 0 Å². The van der Waals surface area contributed by atoms with Crippen molar-refractivity contribution in [1.29, 1.82) is 0 Å². The molecule has 0 saturated heterocycles. The Hall–Kier alpha value is -1.26. The maximum absolute atomic E-state index is 10.2. The van der Waals surface area contributed by atoms with Gasteiger partial charge in [-0.2, -0.15) is 0 Å². The summed E-state index contributed by atoms with van der Waals surface area (Å²) in [7, 11) is 0. The van der Waals surface area contributed by atoms with Gasteiger partial charge in [-0.1, -0.05) is 33.3 Å². The van der Waals surface area contributed by atoms with E-state index in [-0.39, 0.29) is 18.5 Å². The van der Waals surface area contributed by atoms with Gasteiger partial charge < -0.3 is 20.7 Å². The van der Waals surface area contributed by atoms with Crippen LogP contribution in [0.15, 0.2) is 18.2 Å². The molecule has 0 saturated carbocycles. The zero-order valence-corrected chi connectivity index (χ0v) is 15.7.